The van der Waals surface area contributed by atoms with Gasteiger partial charge in [0.25, 0.3) is 0 Å². The van der Waals surface area contributed by atoms with Crippen LogP contribution in [0.3, 0.4) is 0 Å². The second-order valence-electron chi connectivity index (χ2n) is 11.7. The molecule has 0 fully saturated rings. The number of amidine groups is 1. The molecule has 6 heteroatoms. The minimum Gasteiger partial charge on any atom is -0.507 e. The maximum atomic E-state index is 10.5. The summed E-state index contributed by atoms with van der Waals surface area (Å²) in [4.78, 5) is 11.9. The molecule has 0 atom stereocenters. The van der Waals surface area contributed by atoms with E-state index in [1.165, 1.54) is 38.7 Å². The third-order valence-corrected chi connectivity index (χ3v) is 8.44. The lowest BCUT2D eigenvalue weighted by Crippen LogP contribution is -2.25. The summed E-state index contributed by atoms with van der Waals surface area (Å²) >= 11 is 1.87. The molecule has 2 aliphatic rings. The number of nitrogens with zero attached hydrogens (tertiary/aromatic N) is 3. The number of nitrogens with one attached hydrogen (secondary N) is 1. The van der Waals surface area contributed by atoms with Gasteiger partial charge in [-0.3, -0.25) is 4.99 Å². The Bertz CT molecular complexity index is 1280. The van der Waals surface area contributed by atoms with E-state index in [1.54, 1.807) is 0 Å². The number of hydrogen-bond acceptors (Lipinski definition) is 6. The van der Waals surface area contributed by atoms with Crippen molar-refractivity contribution in [1.29, 1.82) is 0 Å². The van der Waals surface area contributed by atoms with Crippen LogP contribution in [0.5, 0.6) is 5.75 Å². The molecule has 0 aliphatic carbocycles. The number of aryl methyl sites for hydroxylation is 1. The van der Waals surface area contributed by atoms with Gasteiger partial charge in [-0.15, -0.1) is 0 Å². The molecular weight excluding hydrogens is 500 g/mol. The Balaban J connectivity index is 0.000000181. The van der Waals surface area contributed by atoms with Crippen LogP contribution in [-0.4, -0.2) is 56.1 Å². The average Bonchev–Trinajstić information content (AvgIpc) is 3.41. The average molecular weight is 545 g/mol. The zero-order valence-electron chi connectivity index (χ0n) is 24.6. The molecule has 0 amide bonds. The fourth-order valence-electron chi connectivity index (χ4n) is 5.16. The lowest BCUT2D eigenvalue weighted by atomic mass is 9.82. The Hall–Kier alpha value is -2.96. The zero-order chi connectivity index (χ0) is 28.2. The van der Waals surface area contributed by atoms with Gasteiger partial charge >= 0.3 is 0 Å². The van der Waals surface area contributed by atoms with E-state index in [2.05, 4.69) is 116 Å². The first-order valence-electron chi connectivity index (χ1n) is 13.9. The molecule has 0 aromatic heterocycles. The van der Waals surface area contributed by atoms with Crippen molar-refractivity contribution in [2.75, 3.05) is 45.2 Å². The number of rotatable bonds is 6. The molecule has 2 N–H and O–H groups in total. The molecule has 0 spiro atoms. The van der Waals surface area contributed by atoms with Crippen molar-refractivity contribution >= 4 is 29.0 Å². The van der Waals surface area contributed by atoms with Crippen LogP contribution in [0.15, 0.2) is 69.4 Å². The summed E-state index contributed by atoms with van der Waals surface area (Å²) in [6.45, 7) is 14.5. The highest BCUT2D eigenvalue weighted by Crippen LogP contribution is 2.47. The van der Waals surface area contributed by atoms with Crippen LogP contribution in [-0.2, 0) is 11.8 Å². The Morgan fingerprint density at radius 1 is 1.00 bits per heavy atom. The second-order valence-corrected chi connectivity index (χ2v) is 12.8. The van der Waals surface area contributed by atoms with Crippen molar-refractivity contribution in [2.45, 2.75) is 62.7 Å². The molecule has 0 saturated carbocycles. The molecule has 39 heavy (non-hydrogen) atoms. The van der Waals surface area contributed by atoms with Crippen LogP contribution in [0.1, 0.15) is 49.4 Å². The number of benzene rings is 3. The van der Waals surface area contributed by atoms with Crippen molar-refractivity contribution in [3.8, 4) is 5.75 Å². The fraction of sp³-hybridized carbons (Fsp3) is 0.424. The van der Waals surface area contributed by atoms with E-state index in [0.29, 0.717) is 5.75 Å². The predicted molar refractivity (Wildman–Crippen MR) is 167 cm³/mol. The molecule has 3 aromatic rings. The van der Waals surface area contributed by atoms with E-state index >= 15 is 0 Å². The number of aliphatic imine (C=N–C) groups is 1. The summed E-state index contributed by atoms with van der Waals surface area (Å²) in [5.74, 6) is 1.47. The quantitative estimate of drug-likeness (QED) is 0.347. The van der Waals surface area contributed by atoms with Gasteiger partial charge in [-0.1, -0.05) is 62.9 Å². The van der Waals surface area contributed by atoms with E-state index in [-0.39, 0.29) is 5.41 Å². The first-order chi connectivity index (χ1) is 18.6. The highest BCUT2D eigenvalue weighted by molar-refractivity contribution is 7.99. The molecule has 0 bridgehead atoms. The molecule has 2 aliphatic heterocycles. The summed E-state index contributed by atoms with van der Waals surface area (Å²) in [5, 5.41) is 13.7. The van der Waals surface area contributed by atoms with Gasteiger partial charge in [0.1, 0.15) is 11.6 Å². The highest BCUT2D eigenvalue weighted by atomic mass is 32.2. The van der Waals surface area contributed by atoms with Crippen LogP contribution in [0.25, 0.3) is 0 Å². The van der Waals surface area contributed by atoms with Crippen molar-refractivity contribution in [2.24, 2.45) is 4.99 Å². The van der Waals surface area contributed by atoms with Gasteiger partial charge in [0.2, 0.25) is 0 Å². The number of aromatic hydroxyl groups is 1. The molecule has 0 saturated heterocycles. The third-order valence-electron chi connectivity index (χ3n) is 7.31. The number of phenolic OH excluding ortho intramolecular Hbond substituents is 1. The van der Waals surface area contributed by atoms with E-state index in [4.69, 9.17) is 0 Å². The van der Waals surface area contributed by atoms with Crippen molar-refractivity contribution in [3.05, 3.63) is 76.9 Å². The predicted octanol–water partition coefficient (Wildman–Crippen LogP) is 7.09. The Kier molecular flexibility index (Phi) is 9.29. The highest BCUT2D eigenvalue weighted by Gasteiger charge is 2.23. The van der Waals surface area contributed by atoms with Crippen LogP contribution >= 0.6 is 11.8 Å². The first kappa shape index (κ1) is 29.0. The van der Waals surface area contributed by atoms with Crippen LogP contribution in [0, 0.1) is 13.8 Å². The summed E-state index contributed by atoms with van der Waals surface area (Å²) in [5.41, 5.74) is 7.08. The molecule has 0 unspecified atom stereocenters. The van der Waals surface area contributed by atoms with E-state index < -0.39 is 0 Å². The smallest absolute Gasteiger partial charge is 0.122 e. The number of phenols is 1. The normalized spacial score (nSPS) is 14.3. The number of hydrogen-bond donors (Lipinski definition) is 2. The van der Waals surface area contributed by atoms with Crippen LogP contribution in [0.2, 0.25) is 0 Å². The van der Waals surface area contributed by atoms with E-state index in [1.807, 2.05) is 18.7 Å². The van der Waals surface area contributed by atoms with Crippen molar-refractivity contribution < 1.29 is 5.11 Å². The van der Waals surface area contributed by atoms with Crippen LogP contribution in [0.4, 0.5) is 11.4 Å². The number of fused-ring (bicyclic) bond motifs is 2. The Labute approximate surface area is 239 Å². The van der Waals surface area contributed by atoms with Gasteiger partial charge < -0.3 is 20.2 Å². The minimum absolute atomic E-state index is 0.0404. The van der Waals surface area contributed by atoms with Crippen molar-refractivity contribution in [1.82, 2.24) is 10.2 Å². The van der Waals surface area contributed by atoms with E-state index in [9.17, 15) is 5.11 Å². The zero-order valence-corrected chi connectivity index (χ0v) is 25.5. The minimum atomic E-state index is -0.0404. The summed E-state index contributed by atoms with van der Waals surface area (Å²) in [7, 11) is 4.27. The lowest BCUT2D eigenvalue weighted by molar-refractivity contribution is 0.402. The maximum absolute atomic E-state index is 10.5. The topological polar surface area (TPSA) is 51.1 Å². The van der Waals surface area contributed by atoms with Crippen molar-refractivity contribution in [3.63, 3.8) is 0 Å². The second kappa shape index (κ2) is 12.5. The molecule has 5 rings (SSSR count). The van der Waals surface area contributed by atoms with Gasteiger partial charge in [-0.25, -0.2) is 0 Å². The standard InChI is InChI=1S/C17H20N2S.C16H24N2O/c1-18(2)12-7-13-19-14-8-3-5-10-16(14)20-17-11-6-4-9-15(17)19;1-10-8-13(16(3,4)5)15(19)11(2)12(10)9-14-17-6-7-18-14/h3-6,8-11H,7,12-13H2,1-2H3;8,19H,6-7,9H2,1-5H3,(H,17,18). The number of para-hydroxylation sites is 2. The molecule has 2 heterocycles. The van der Waals surface area contributed by atoms with Crippen LogP contribution < -0.4 is 10.2 Å². The molecule has 3 aromatic carbocycles. The largest absolute Gasteiger partial charge is 0.507 e. The van der Waals surface area contributed by atoms with Gasteiger partial charge in [-0.05, 0) is 92.8 Å². The monoisotopic (exact) mass is 544 g/mol. The summed E-state index contributed by atoms with van der Waals surface area (Å²) in [6.07, 6.45) is 1.95. The first-order valence-corrected chi connectivity index (χ1v) is 14.8. The summed E-state index contributed by atoms with van der Waals surface area (Å²) < 4.78 is 0. The van der Waals surface area contributed by atoms with Gasteiger partial charge in [0.15, 0.2) is 0 Å². The van der Waals surface area contributed by atoms with Gasteiger partial charge in [-0.2, -0.15) is 0 Å². The number of anilines is 2. The Morgan fingerprint density at radius 2 is 1.62 bits per heavy atom. The third kappa shape index (κ3) is 6.98. The van der Waals surface area contributed by atoms with E-state index in [0.717, 1.165) is 49.6 Å². The molecule has 0 radical (unpaired) electrons. The molecule has 5 nitrogen and oxygen atoms in total. The lowest BCUT2D eigenvalue weighted by Gasteiger charge is -2.33. The molecular formula is C33H44N4OS. The van der Waals surface area contributed by atoms with Gasteiger partial charge in [0.05, 0.1) is 17.9 Å². The maximum Gasteiger partial charge on any atom is 0.122 e. The molecule has 208 valence electrons. The van der Waals surface area contributed by atoms with Gasteiger partial charge in [0, 0.05) is 29.3 Å². The SMILES string of the molecule is CN(C)CCCN1c2ccccc2Sc2ccccc21.Cc1cc(C(C)(C)C)c(O)c(C)c1CC1=NCCN1. The summed E-state index contributed by atoms with van der Waals surface area (Å²) in [6, 6.07) is 19.5. The fourth-order valence-corrected chi connectivity index (χ4v) is 6.25. The Morgan fingerprint density at radius 3 is 2.15 bits per heavy atom.